The highest BCUT2D eigenvalue weighted by Crippen LogP contribution is 2.30. The smallest absolute Gasteiger partial charge is 0.244 e. The Morgan fingerprint density at radius 2 is 1.78 bits per heavy atom. The lowest BCUT2D eigenvalue weighted by Gasteiger charge is -2.31. The monoisotopic (exact) mass is 372 g/mol. The van der Waals surface area contributed by atoms with Crippen LogP contribution in [0, 0.1) is 6.92 Å². The first-order valence-corrected chi connectivity index (χ1v) is 11.3. The lowest BCUT2D eigenvalue weighted by molar-refractivity contribution is -0.133. The highest BCUT2D eigenvalue weighted by Gasteiger charge is 2.41. The van der Waals surface area contributed by atoms with Crippen LogP contribution in [0.15, 0.2) is 29.2 Å². The molecule has 0 bridgehead atoms. The fraction of sp³-hybridized carbons (Fsp3) is 0.533. The van der Waals surface area contributed by atoms with Gasteiger partial charge in [0.1, 0.15) is 6.04 Å². The molecular weight excluding hydrogens is 352 g/mol. The number of sulfonamides is 1. The first kappa shape index (κ1) is 17.1. The zero-order valence-electron chi connectivity index (χ0n) is 13.0. The van der Waals surface area contributed by atoms with Crippen molar-refractivity contribution in [3.8, 4) is 0 Å². The number of carbonyl (C=O) groups excluding carboxylic acids is 1. The average molecular weight is 373 g/mol. The van der Waals surface area contributed by atoms with Crippen molar-refractivity contribution in [1.82, 2.24) is 9.21 Å². The maximum Gasteiger partial charge on any atom is 0.244 e. The molecule has 2 aliphatic heterocycles. The van der Waals surface area contributed by atoms with Crippen LogP contribution in [0.25, 0.3) is 0 Å². The van der Waals surface area contributed by atoms with E-state index >= 15 is 0 Å². The summed E-state index contributed by atoms with van der Waals surface area (Å²) in [6, 6.07) is 6.23. The first-order chi connectivity index (χ1) is 11.0. The highest BCUT2D eigenvalue weighted by molar-refractivity contribution is 8.00. The molecule has 0 spiro atoms. The van der Waals surface area contributed by atoms with Crippen molar-refractivity contribution in [3.05, 3.63) is 29.8 Å². The van der Waals surface area contributed by atoms with Gasteiger partial charge in [-0.1, -0.05) is 17.7 Å². The van der Waals surface area contributed by atoms with Crippen LogP contribution in [-0.2, 0) is 14.8 Å². The number of amides is 1. The topological polar surface area (TPSA) is 57.7 Å². The average Bonchev–Trinajstić information content (AvgIpc) is 3.06. The van der Waals surface area contributed by atoms with Gasteiger partial charge in [-0.15, -0.1) is 11.8 Å². The van der Waals surface area contributed by atoms with Crippen molar-refractivity contribution < 1.29 is 13.2 Å². The van der Waals surface area contributed by atoms with E-state index in [1.54, 1.807) is 24.3 Å². The lowest BCUT2D eigenvalue weighted by Crippen LogP contribution is -2.51. The summed E-state index contributed by atoms with van der Waals surface area (Å²) >= 11 is 3.33. The van der Waals surface area contributed by atoms with Crippen LogP contribution in [0.1, 0.15) is 5.56 Å². The third kappa shape index (κ3) is 3.55. The molecule has 0 radical (unpaired) electrons. The van der Waals surface area contributed by atoms with Crippen LogP contribution in [-0.4, -0.2) is 65.8 Å². The minimum Gasteiger partial charge on any atom is -0.340 e. The maximum atomic E-state index is 12.9. The molecule has 0 N–H and O–H groups in total. The van der Waals surface area contributed by atoms with Crippen molar-refractivity contribution in [2.45, 2.75) is 17.9 Å². The van der Waals surface area contributed by atoms with E-state index in [0.717, 1.165) is 17.1 Å². The van der Waals surface area contributed by atoms with Gasteiger partial charge in [0.25, 0.3) is 0 Å². The molecule has 1 unspecified atom stereocenters. The number of rotatable bonds is 3. The van der Waals surface area contributed by atoms with Gasteiger partial charge in [0.2, 0.25) is 15.9 Å². The summed E-state index contributed by atoms with van der Waals surface area (Å²) in [5, 5.41) is 0. The number of nitrogens with zero attached hydrogens (tertiary/aromatic N) is 2. The lowest BCUT2D eigenvalue weighted by atomic mass is 10.2. The van der Waals surface area contributed by atoms with Crippen molar-refractivity contribution in [1.29, 1.82) is 0 Å². The highest BCUT2D eigenvalue weighted by atomic mass is 32.2. The van der Waals surface area contributed by atoms with Crippen molar-refractivity contribution in [3.63, 3.8) is 0 Å². The molecule has 1 amide bonds. The fourth-order valence-corrected chi connectivity index (χ4v) is 6.74. The van der Waals surface area contributed by atoms with E-state index in [1.165, 1.54) is 16.1 Å². The van der Waals surface area contributed by atoms with Crippen LogP contribution < -0.4 is 0 Å². The molecule has 0 aromatic heterocycles. The van der Waals surface area contributed by atoms with E-state index in [-0.39, 0.29) is 10.8 Å². The predicted octanol–water partition coefficient (Wildman–Crippen LogP) is 1.63. The Bertz CT molecular complexity index is 670. The van der Waals surface area contributed by atoms with Crippen LogP contribution in [0.4, 0.5) is 0 Å². The van der Waals surface area contributed by atoms with Crippen LogP contribution in [0.2, 0.25) is 0 Å². The molecular formula is C15H20N2O3S3. The normalized spacial score (nSPS) is 23.2. The molecule has 126 valence electrons. The molecule has 2 heterocycles. The van der Waals surface area contributed by atoms with Gasteiger partial charge in [-0.2, -0.15) is 16.1 Å². The number of aryl methyl sites for hydroxylation is 1. The minimum atomic E-state index is -3.63. The van der Waals surface area contributed by atoms with Crippen molar-refractivity contribution in [2.75, 3.05) is 36.2 Å². The fourth-order valence-electron chi connectivity index (χ4n) is 2.70. The summed E-state index contributed by atoms with van der Waals surface area (Å²) in [5.41, 5.74) is 1.01. The number of hydrogen-bond donors (Lipinski definition) is 0. The van der Waals surface area contributed by atoms with Crippen LogP contribution in [0.5, 0.6) is 0 Å². The Hall–Kier alpha value is -0.700. The summed E-state index contributed by atoms with van der Waals surface area (Å²) < 4.78 is 27.1. The van der Waals surface area contributed by atoms with Crippen LogP contribution >= 0.6 is 23.5 Å². The van der Waals surface area contributed by atoms with Crippen LogP contribution in [0.3, 0.4) is 0 Å². The van der Waals surface area contributed by atoms with Gasteiger partial charge in [-0.05, 0) is 19.1 Å². The summed E-state index contributed by atoms with van der Waals surface area (Å²) in [4.78, 5) is 14.8. The molecule has 1 aromatic rings. The van der Waals surface area contributed by atoms with E-state index in [2.05, 4.69) is 0 Å². The standard InChI is InChI=1S/C15H20N2O3S3/c1-12-2-4-13(5-3-12)23(19,20)17-11-22-10-14(17)15(18)16-6-8-21-9-7-16/h2-5,14H,6-11H2,1H3. The predicted molar refractivity (Wildman–Crippen MR) is 95.2 cm³/mol. The molecule has 8 heteroatoms. The number of hydrogen-bond acceptors (Lipinski definition) is 5. The molecule has 1 aromatic carbocycles. The molecule has 1 atom stereocenters. The summed E-state index contributed by atoms with van der Waals surface area (Å²) in [5.74, 6) is 2.68. The Balaban J connectivity index is 1.82. The Morgan fingerprint density at radius 3 is 2.43 bits per heavy atom. The van der Waals surface area contributed by atoms with Crippen molar-refractivity contribution >= 4 is 39.5 Å². The molecule has 3 rings (SSSR count). The number of thioether (sulfide) groups is 2. The Morgan fingerprint density at radius 1 is 1.13 bits per heavy atom. The first-order valence-electron chi connectivity index (χ1n) is 7.53. The van der Waals surface area contributed by atoms with Gasteiger partial charge < -0.3 is 4.90 Å². The third-order valence-corrected chi connectivity index (χ3v) is 8.06. The van der Waals surface area contributed by atoms with E-state index in [0.29, 0.717) is 24.7 Å². The summed E-state index contributed by atoms with van der Waals surface area (Å²) in [6.07, 6.45) is 0. The molecule has 2 aliphatic rings. The van der Waals surface area contributed by atoms with Gasteiger partial charge in [0.05, 0.1) is 10.8 Å². The maximum absolute atomic E-state index is 12.9. The Kier molecular flexibility index (Phi) is 5.25. The van der Waals surface area contributed by atoms with Gasteiger partial charge in [-0.25, -0.2) is 8.42 Å². The molecule has 2 saturated heterocycles. The zero-order chi connectivity index (χ0) is 16.4. The van der Waals surface area contributed by atoms with E-state index in [9.17, 15) is 13.2 Å². The third-order valence-electron chi connectivity index (χ3n) is 4.08. The molecule has 2 fully saturated rings. The van der Waals surface area contributed by atoms with Gasteiger partial charge in [0, 0.05) is 30.3 Å². The Labute approximate surface area is 145 Å². The quantitative estimate of drug-likeness (QED) is 0.807. The van der Waals surface area contributed by atoms with Gasteiger partial charge in [0.15, 0.2) is 0 Å². The van der Waals surface area contributed by atoms with Gasteiger partial charge in [-0.3, -0.25) is 4.79 Å². The summed E-state index contributed by atoms with van der Waals surface area (Å²) in [7, 11) is -3.63. The zero-order valence-corrected chi connectivity index (χ0v) is 15.4. The second-order valence-corrected chi connectivity index (χ2v) is 9.77. The largest absolute Gasteiger partial charge is 0.340 e. The number of benzene rings is 1. The van der Waals surface area contributed by atoms with E-state index < -0.39 is 16.1 Å². The SMILES string of the molecule is Cc1ccc(S(=O)(=O)N2CSCC2C(=O)N2CCSCC2)cc1. The molecule has 0 saturated carbocycles. The van der Waals surface area contributed by atoms with E-state index in [1.807, 2.05) is 23.6 Å². The molecule has 5 nitrogen and oxygen atoms in total. The van der Waals surface area contributed by atoms with E-state index in [4.69, 9.17) is 0 Å². The van der Waals surface area contributed by atoms with Crippen molar-refractivity contribution in [2.24, 2.45) is 0 Å². The summed E-state index contributed by atoms with van der Waals surface area (Å²) in [6.45, 7) is 3.34. The second-order valence-electron chi connectivity index (χ2n) is 5.66. The number of carbonyl (C=O) groups is 1. The second kappa shape index (κ2) is 7.04. The molecule has 23 heavy (non-hydrogen) atoms. The minimum absolute atomic E-state index is 0.0500. The van der Waals surface area contributed by atoms with Gasteiger partial charge >= 0.3 is 0 Å². The molecule has 0 aliphatic carbocycles.